The highest BCUT2D eigenvalue weighted by Gasteiger charge is 2.49. The van der Waals surface area contributed by atoms with Crippen molar-refractivity contribution in [1.82, 2.24) is 9.55 Å². The van der Waals surface area contributed by atoms with E-state index in [0.717, 1.165) is 6.92 Å². The molecule has 0 saturated heterocycles. The van der Waals surface area contributed by atoms with Gasteiger partial charge in [-0.2, -0.15) is 0 Å². The van der Waals surface area contributed by atoms with Gasteiger partial charge in [0.2, 0.25) is 0 Å². The Morgan fingerprint density at radius 2 is 2.00 bits per heavy atom. The number of carbonyl (C=O) groups is 1. The molecule has 4 rings (SSSR count). The average molecular weight is 496 g/mol. The van der Waals surface area contributed by atoms with E-state index in [1.165, 1.54) is 18.2 Å². The van der Waals surface area contributed by atoms with Gasteiger partial charge in [-0.15, -0.1) is 0 Å². The minimum Gasteiger partial charge on any atom is -0.378 e. The first-order valence-electron chi connectivity index (χ1n) is 10.9. The fourth-order valence-electron chi connectivity index (χ4n) is 5.07. The first-order valence-corrected chi connectivity index (χ1v) is 11.3. The van der Waals surface area contributed by atoms with Crippen molar-refractivity contribution in [1.29, 1.82) is 0 Å². The van der Waals surface area contributed by atoms with Crippen LogP contribution in [0.25, 0.3) is 0 Å². The molecule has 0 spiro atoms. The van der Waals surface area contributed by atoms with Crippen LogP contribution in [0.3, 0.4) is 0 Å². The number of rotatable bonds is 4. The fourth-order valence-corrected chi connectivity index (χ4v) is 5.25. The summed E-state index contributed by atoms with van der Waals surface area (Å²) < 4.78 is 40.8. The lowest BCUT2D eigenvalue weighted by atomic mass is 9.92. The zero-order valence-electron chi connectivity index (χ0n) is 18.7. The molecule has 2 aliphatic carbocycles. The lowest BCUT2D eigenvalue weighted by Gasteiger charge is -2.20. The van der Waals surface area contributed by atoms with Gasteiger partial charge in [-0.3, -0.25) is 4.79 Å². The molecule has 3 N–H and O–H groups in total. The number of aromatic nitrogens is 2. The number of fused-ring (bicyclic) bond motifs is 1. The first kappa shape index (κ1) is 24.6. The zero-order chi connectivity index (χ0) is 24.8. The van der Waals surface area contributed by atoms with Crippen LogP contribution in [0.1, 0.15) is 54.7 Å². The molecule has 1 aromatic carbocycles. The highest BCUT2D eigenvalue weighted by molar-refractivity contribution is 6.31. The van der Waals surface area contributed by atoms with E-state index in [1.54, 1.807) is 17.9 Å². The standard InChI is InChI=1S/C24H25ClF3N3O3/c1-23(33,22(27)28)5-6-24(34)10-14-7-13(8-15(14)11-24)19-20(31(2)12-29-19)21(32)30-16-3-4-18(26)17(25)9-16/h3-4,9,12-15,22,33-34H,7-8,10-11H2,1-2H3,(H,30,32)/t13?,14?,15?,23-,24?/m0/s1. The Morgan fingerprint density at radius 3 is 2.59 bits per heavy atom. The molecular weight excluding hydrogens is 471 g/mol. The minimum atomic E-state index is -3.03. The molecule has 3 atom stereocenters. The van der Waals surface area contributed by atoms with Crippen molar-refractivity contribution in [3.05, 3.63) is 46.8 Å². The number of amides is 1. The van der Waals surface area contributed by atoms with Gasteiger partial charge in [0.15, 0.2) is 5.60 Å². The molecule has 0 aliphatic heterocycles. The third-order valence-corrected chi connectivity index (χ3v) is 7.05. The highest BCUT2D eigenvalue weighted by atomic mass is 35.5. The molecule has 0 bridgehead atoms. The molecule has 2 aromatic rings. The number of hydrogen-bond acceptors (Lipinski definition) is 4. The maximum atomic E-state index is 13.4. The van der Waals surface area contributed by atoms with Crippen molar-refractivity contribution < 1.29 is 28.2 Å². The van der Waals surface area contributed by atoms with E-state index in [1.807, 2.05) is 0 Å². The molecule has 0 radical (unpaired) electrons. The van der Waals surface area contributed by atoms with Crippen LogP contribution in [-0.2, 0) is 7.05 Å². The Balaban J connectivity index is 1.47. The summed E-state index contributed by atoms with van der Waals surface area (Å²) in [5.74, 6) is 3.81. The second-order valence-electron chi connectivity index (χ2n) is 9.50. The monoisotopic (exact) mass is 495 g/mol. The van der Waals surface area contributed by atoms with Crippen molar-refractivity contribution >= 4 is 23.2 Å². The Labute approximate surface area is 200 Å². The number of halogens is 4. The first-order chi connectivity index (χ1) is 15.9. The van der Waals surface area contributed by atoms with Gasteiger partial charge in [0, 0.05) is 18.7 Å². The van der Waals surface area contributed by atoms with Crippen molar-refractivity contribution in [3.8, 4) is 11.8 Å². The van der Waals surface area contributed by atoms with E-state index in [9.17, 15) is 28.2 Å². The highest BCUT2D eigenvalue weighted by Crippen LogP contribution is 2.53. The summed E-state index contributed by atoms with van der Waals surface area (Å²) in [4.78, 5) is 17.5. The van der Waals surface area contributed by atoms with E-state index in [2.05, 4.69) is 22.1 Å². The molecular formula is C24H25ClF3N3O3. The minimum absolute atomic E-state index is 0.0181. The molecule has 6 nitrogen and oxygen atoms in total. The van der Waals surface area contributed by atoms with Crippen molar-refractivity contribution in [3.63, 3.8) is 0 Å². The summed E-state index contributed by atoms with van der Waals surface area (Å²) in [6.45, 7) is 0.924. The molecule has 34 heavy (non-hydrogen) atoms. The summed E-state index contributed by atoms with van der Waals surface area (Å²) in [6, 6.07) is 3.92. The molecule has 1 heterocycles. The van der Waals surface area contributed by atoms with Crippen LogP contribution in [0.5, 0.6) is 0 Å². The topological polar surface area (TPSA) is 87.4 Å². The maximum Gasteiger partial charge on any atom is 0.277 e. The van der Waals surface area contributed by atoms with E-state index >= 15 is 0 Å². The van der Waals surface area contributed by atoms with Crippen LogP contribution in [0.4, 0.5) is 18.9 Å². The van der Waals surface area contributed by atoms with Gasteiger partial charge < -0.3 is 20.1 Å². The molecule has 2 unspecified atom stereocenters. The number of anilines is 1. The lowest BCUT2D eigenvalue weighted by molar-refractivity contribution is -0.0423. The Bertz CT molecular complexity index is 1160. The maximum absolute atomic E-state index is 13.4. The molecule has 2 fully saturated rings. The third-order valence-electron chi connectivity index (χ3n) is 6.76. The van der Waals surface area contributed by atoms with Crippen LogP contribution in [-0.4, -0.2) is 43.3 Å². The summed E-state index contributed by atoms with van der Waals surface area (Å²) in [5, 5.41) is 23.1. The van der Waals surface area contributed by atoms with Gasteiger partial charge in [-0.1, -0.05) is 23.4 Å². The van der Waals surface area contributed by atoms with E-state index < -0.39 is 29.4 Å². The number of aliphatic hydroxyl groups is 2. The fraction of sp³-hybridized carbons (Fsp3) is 0.500. The summed E-state index contributed by atoms with van der Waals surface area (Å²) >= 11 is 5.80. The lowest BCUT2D eigenvalue weighted by Crippen LogP contribution is -2.33. The van der Waals surface area contributed by atoms with E-state index in [4.69, 9.17) is 11.6 Å². The van der Waals surface area contributed by atoms with Crippen LogP contribution >= 0.6 is 11.6 Å². The normalized spacial score (nSPS) is 27.7. The Morgan fingerprint density at radius 1 is 1.35 bits per heavy atom. The average Bonchev–Trinajstić information content (AvgIpc) is 3.40. The molecule has 182 valence electrons. The number of alkyl halides is 2. The second-order valence-corrected chi connectivity index (χ2v) is 9.91. The number of aryl methyl sites for hydroxylation is 1. The van der Waals surface area contributed by atoms with Gasteiger partial charge in [0.1, 0.15) is 17.1 Å². The number of nitrogens with one attached hydrogen (secondary N) is 1. The Kier molecular flexibility index (Phi) is 6.44. The van der Waals surface area contributed by atoms with Gasteiger partial charge in [-0.05, 0) is 62.6 Å². The van der Waals surface area contributed by atoms with Gasteiger partial charge in [-0.25, -0.2) is 18.2 Å². The quantitative estimate of drug-likeness (QED) is 0.557. The predicted octanol–water partition coefficient (Wildman–Crippen LogP) is 4.12. The van der Waals surface area contributed by atoms with E-state index in [0.29, 0.717) is 42.8 Å². The summed E-state index contributed by atoms with van der Waals surface area (Å²) in [7, 11) is 1.71. The molecule has 1 aromatic heterocycles. The van der Waals surface area contributed by atoms with Crippen molar-refractivity contribution in [2.75, 3.05) is 5.32 Å². The van der Waals surface area contributed by atoms with Gasteiger partial charge >= 0.3 is 0 Å². The predicted molar refractivity (Wildman–Crippen MR) is 120 cm³/mol. The molecule has 1 amide bonds. The molecule has 10 heteroatoms. The van der Waals surface area contributed by atoms with Crippen molar-refractivity contribution in [2.45, 2.75) is 56.2 Å². The smallest absolute Gasteiger partial charge is 0.277 e. The summed E-state index contributed by atoms with van der Waals surface area (Å²) in [5.41, 5.74) is -2.52. The van der Waals surface area contributed by atoms with Gasteiger partial charge in [0.25, 0.3) is 12.3 Å². The van der Waals surface area contributed by atoms with E-state index in [-0.39, 0.29) is 22.8 Å². The van der Waals surface area contributed by atoms with Gasteiger partial charge in [0.05, 0.1) is 17.0 Å². The zero-order valence-corrected chi connectivity index (χ0v) is 19.4. The number of imidazole rings is 1. The van der Waals surface area contributed by atoms with Crippen LogP contribution in [0.2, 0.25) is 5.02 Å². The summed E-state index contributed by atoms with van der Waals surface area (Å²) in [6.07, 6.45) is 0.475. The molecule has 2 saturated carbocycles. The number of carbonyl (C=O) groups excluding carboxylic acids is 1. The Hall–Kier alpha value is -2.54. The molecule has 2 aliphatic rings. The van der Waals surface area contributed by atoms with Crippen LogP contribution in [0, 0.1) is 29.5 Å². The second kappa shape index (κ2) is 8.91. The number of nitrogens with zero attached hydrogens (tertiary/aromatic N) is 2. The number of benzene rings is 1. The SMILES string of the molecule is Cn1cnc(C2CC3CC(O)(C#C[C@](C)(O)C(F)F)CC3C2)c1C(=O)Nc1ccc(F)c(Cl)c1. The largest absolute Gasteiger partial charge is 0.378 e. The number of hydrogen-bond donors (Lipinski definition) is 3. The van der Waals surface area contributed by atoms with Crippen LogP contribution in [0.15, 0.2) is 24.5 Å². The van der Waals surface area contributed by atoms with Crippen molar-refractivity contribution in [2.24, 2.45) is 18.9 Å². The van der Waals surface area contributed by atoms with Crippen LogP contribution < -0.4 is 5.32 Å². The third kappa shape index (κ3) is 4.81.